The van der Waals surface area contributed by atoms with Crippen molar-refractivity contribution in [3.05, 3.63) is 0 Å². The van der Waals surface area contributed by atoms with Crippen molar-refractivity contribution in [1.29, 1.82) is 5.26 Å². The second kappa shape index (κ2) is 10.9. The van der Waals surface area contributed by atoms with Crippen LogP contribution < -0.4 is 0 Å². The number of nitriles is 1. The van der Waals surface area contributed by atoms with E-state index >= 15 is 0 Å². The van der Waals surface area contributed by atoms with Crippen LogP contribution in [0.4, 0.5) is 0 Å². The molecule has 4 nitrogen and oxygen atoms in total. The molecule has 0 aromatic carbocycles. The molecule has 4 heteroatoms. The molecule has 0 aliphatic carbocycles. The lowest BCUT2D eigenvalue weighted by molar-refractivity contribution is 0.0671. The lowest BCUT2D eigenvalue weighted by Crippen LogP contribution is -2.38. The molecule has 0 aliphatic heterocycles. The Morgan fingerprint density at radius 1 is 1.12 bits per heavy atom. The van der Waals surface area contributed by atoms with E-state index in [1.54, 1.807) is 0 Å². The van der Waals surface area contributed by atoms with Gasteiger partial charge in [0, 0.05) is 32.3 Å². The topological polar surface area (TPSA) is 45.5 Å². The predicted octanol–water partition coefficient (Wildman–Crippen LogP) is 1.66. The van der Waals surface area contributed by atoms with E-state index < -0.39 is 0 Å². The zero-order chi connectivity index (χ0) is 12.2. The maximum absolute atomic E-state index is 8.69. The zero-order valence-electron chi connectivity index (χ0n) is 10.7. The van der Waals surface area contributed by atoms with Crippen LogP contribution in [0.1, 0.15) is 27.2 Å². The first-order chi connectivity index (χ1) is 7.76. The minimum atomic E-state index is 0.269. The lowest BCUT2D eigenvalue weighted by Gasteiger charge is -2.27. The SMILES string of the molecule is CCOCCN(CCOCC)C(C)CC#N. The molecule has 0 N–H and O–H groups in total. The summed E-state index contributed by atoms with van der Waals surface area (Å²) in [6.07, 6.45) is 0.554. The van der Waals surface area contributed by atoms with Gasteiger partial charge < -0.3 is 9.47 Å². The van der Waals surface area contributed by atoms with Crippen molar-refractivity contribution in [1.82, 2.24) is 4.90 Å². The summed E-state index contributed by atoms with van der Waals surface area (Å²) in [6, 6.07) is 2.47. The largest absolute Gasteiger partial charge is 0.380 e. The minimum absolute atomic E-state index is 0.269. The van der Waals surface area contributed by atoms with Crippen LogP contribution in [-0.4, -0.2) is 50.5 Å². The maximum Gasteiger partial charge on any atom is 0.0638 e. The summed E-state index contributed by atoms with van der Waals surface area (Å²) in [5, 5.41) is 8.69. The van der Waals surface area contributed by atoms with Crippen molar-refractivity contribution < 1.29 is 9.47 Å². The monoisotopic (exact) mass is 228 g/mol. The third-order valence-corrected chi connectivity index (χ3v) is 2.46. The summed E-state index contributed by atoms with van der Waals surface area (Å²) in [4.78, 5) is 2.24. The van der Waals surface area contributed by atoms with Gasteiger partial charge in [0.1, 0.15) is 0 Å². The molecule has 16 heavy (non-hydrogen) atoms. The fourth-order valence-corrected chi connectivity index (χ4v) is 1.47. The second-order valence-corrected chi connectivity index (χ2v) is 3.64. The fraction of sp³-hybridized carbons (Fsp3) is 0.917. The highest BCUT2D eigenvalue weighted by atomic mass is 16.5. The quantitative estimate of drug-likeness (QED) is 0.533. The predicted molar refractivity (Wildman–Crippen MR) is 64.3 cm³/mol. The molecule has 0 fully saturated rings. The molecule has 0 saturated carbocycles. The second-order valence-electron chi connectivity index (χ2n) is 3.64. The van der Waals surface area contributed by atoms with Gasteiger partial charge in [0.15, 0.2) is 0 Å². The van der Waals surface area contributed by atoms with Gasteiger partial charge in [-0.1, -0.05) is 0 Å². The van der Waals surface area contributed by atoms with E-state index in [0.29, 0.717) is 6.42 Å². The smallest absolute Gasteiger partial charge is 0.0638 e. The van der Waals surface area contributed by atoms with E-state index in [1.165, 1.54) is 0 Å². The molecule has 0 aromatic rings. The molecule has 0 spiro atoms. The average molecular weight is 228 g/mol. The highest BCUT2D eigenvalue weighted by Crippen LogP contribution is 2.02. The van der Waals surface area contributed by atoms with Crippen LogP contribution in [0.25, 0.3) is 0 Å². The van der Waals surface area contributed by atoms with Crippen LogP contribution in [0.2, 0.25) is 0 Å². The van der Waals surface area contributed by atoms with E-state index in [0.717, 1.165) is 39.5 Å². The molecule has 0 rings (SSSR count). The van der Waals surface area contributed by atoms with E-state index in [1.807, 2.05) is 13.8 Å². The Hall–Kier alpha value is -0.630. The van der Waals surface area contributed by atoms with E-state index in [2.05, 4.69) is 17.9 Å². The van der Waals surface area contributed by atoms with Crippen molar-refractivity contribution >= 4 is 0 Å². The van der Waals surface area contributed by atoms with Gasteiger partial charge in [-0.2, -0.15) is 5.26 Å². The van der Waals surface area contributed by atoms with Crippen molar-refractivity contribution in [2.45, 2.75) is 33.2 Å². The molecule has 0 radical (unpaired) electrons. The highest BCUT2D eigenvalue weighted by molar-refractivity contribution is 4.79. The van der Waals surface area contributed by atoms with Gasteiger partial charge in [-0.05, 0) is 20.8 Å². The maximum atomic E-state index is 8.69. The van der Waals surface area contributed by atoms with E-state index in [-0.39, 0.29) is 6.04 Å². The summed E-state index contributed by atoms with van der Waals surface area (Å²) in [5.41, 5.74) is 0. The van der Waals surface area contributed by atoms with Gasteiger partial charge in [0.25, 0.3) is 0 Å². The number of hydrogen-bond acceptors (Lipinski definition) is 4. The molecule has 1 atom stereocenters. The Balaban J connectivity index is 3.90. The normalized spacial score (nSPS) is 12.7. The number of hydrogen-bond donors (Lipinski definition) is 0. The highest BCUT2D eigenvalue weighted by Gasteiger charge is 2.12. The number of ether oxygens (including phenoxy) is 2. The van der Waals surface area contributed by atoms with Crippen LogP contribution in [0.5, 0.6) is 0 Å². The summed E-state index contributed by atoms with van der Waals surface area (Å²) >= 11 is 0. The molecule has 0 amide bonds. The van der Waals surface area contributed by atoms with Crippen molar-refractivity contribution in [3.63, 3.8) is 0 Å². The van der Waals surface area contributed by atoms with Gasteiger partial charge in [-0.25, -0.2) is 0 Å². The summed E-state index contributed by atoms with van der Waals surface area (Å²) in [6.45, 7) is 10.7. The Morgan fingerprint density at radius 3 is 2.00 bits per heavy atom. The fourth-order valence-electron chi connectivity index (χ4n) is 1.47. The Morgan fingerprint density at radius 2 is 1.62 bits per heavy atom. The van der Waals surface area contributed by atoms with E-state index in [9.17, 15) is 0 Å². The van der Waals surface area contributed by atoms with Crippen LogP contribution in [0.15, 0.2) is 0 Å². The first kappa shape index (κ1) is 15.4. The van der Waals surface area contributed by atoms with Crippen molar-refractivity contribution in [2.75, 3.05) is 39.5 Å². The standard InChI is InChI=1S/C12H24N2O2/c1-4-15-10-8-14(9-11-16-5-2)12(3)6-7-13/h12H,4-6,8-11H2,1-3H3. The minimum Gasteiger partial charge on any atom is -0.380 e. The van der Waals surface area contributed by atoms with Crippen molar-refractivity contribution in [2.24, 2.45) is 0 Å². The molecule has 0 saturated heterocycles. The van der Waals surface area contributed by atoms with Gasteiger partial charge in [-0.3, -0.25) is 4.90 Å². The first-order valence-corrected chi connectivity index (χ1v) is 6.02. The number of nitrogens with zero attached hydrogens (tertiary/aromatic N) is 2. The third kappa shape index (κ3) is 7.63. The van der Waals surface area contributed by atoms with Crippen molar-refractivity contribution in [3.8, 4) is 6.07 Å². The average Bonchev–Trinajstić information content (AvgIpc) is 2.28. The van der Waals surface area contributed by atoms with Gasteiger partial charge in [0.2, 0.25) is 0 Å². The molecular weight excluding hydrogens is 204 g/mol. The van der Waals surface area contributed by atoms with Crippen LogP contribution >= 0.6 is 0 Å². The van der Waals surface area contributed by atoms with Gasteiger partial charge in [0.05, 0.1) is 25.7 Å². The molecule has 94 valence electrons. The molecule has 0 aliphatic rings. The summed E-state index contributed by atoms with van der Waals surface area (Å²) < 4.78 is 10.7. The number of rotatable bonds is 10. The molecule has 0 aromatic heterocycles. The zero-order valence-corrected chi connectivity index (χ0v) is 10.7. The van der Waals surface area contributed by atoms with E-state index in [4.69, 9.17) is 14.7 Å². The first-order valence-electron chi connectivity index (χ1n) is 6.02. The van der Waals surface area contributed by atoms with Crippen LogP contribution in [0, 0.1) is 11.3 Å². The Kier molecular flexibility index (Phi) is 10.4. The van der Waals surface area contributed by atoms with Gasteiger partial charge in [-0.15, -0.1) is 0 Å². The third-order valence-electron chi connectivity index (χ3n) is 2.46. The Bertz CT molecular complexity index is 182. The molecule has 1 unspecified atom stereocenters. The van der Waals surface area contributed by atoms with Crippen LogP contribution in [-0.2, 0) is 9.47 Å². The van der Waals surface area contributed by atoms with Crippen LogP contribution in [0.3, 0.4) is 0 Å². The summed E-state index contributed by atoms with van der Waals surface area (Å²) in [5.74, 6) is 0. The molecule has 0 heterocycles. The lowest BCUT2D eigenvalue weighted by atomic mass is 10.2. The summed E-state index contributed by atoms with van der Waals surface area (Å²) in [7, 11) is 0. The molecular formula is C12H24N2O2. The molecule has 0 bridgehead atoms. The Labute approximate surface area is 99.1 Å². The van der Waals surface area contributed by atoms with Gasteiger partial charge >= 0.3 is 0 Å².